The number of carbonyl (C=O) groups excluding carboxylic acids is 1. The van der Waals surface area contributed by atoms with Crippen molar-refractivity contribution >= 4 is 74.4 Å². The Kier molecular flexibility index (Phi) is 6.58. The first-order chi connectivity index (χ1) is 16.4. The van der Waals surface area contributed by atoms with Gasteiger partial charge in [0.2, 0.25) is 0 Å². The molecule has 8 heteroatoms. The molecule has 0 spiro atoms. The second-order valence-corrected chi connectivity index (χ2v) is 10.5. The van der Waals surface area contributed by atoms with Crippen LogP contribution in [0.2, 0.25) is 10.0 Å². The molecule has 0 aliphatic carbocycles. The minimum absolute atomic E-state index is 0.108. The van der Waals surface area contributed by atoms with Crippen LogP contribution in [0.1, 0.15) is 29.4 Å². The highest BCUT2D eigenvalue weighted by Gasteiger charge is 2.33. The minimum Gasteiger partial charge on any atom is -0.467 e. The lowest BCUT2D eigenvalue weighted by molar-refractivity contribution is -0.122. The van der Waals surface area contributed by atoms with Gasteiger partial charge in [0.15, 0.2) is 0 Å². The molecule has 1 aliphatic heterocycles. The number of halogens is 2. The van der Waals surface area contributed by atoms with E-state index in [9.17, 15) is 4.79 Å². The molecule has 0 saturated carbocycles. The SMILES string of the molecule is CCc1cccc2c(/C=C3\SC(=S)N(Cc4ccco4)C3=O)cn(Cc3ccc(Cl)c(Cl)c3)c12. The van der Waals surface area contributed by atoms with Gasteiger partial charge in [0.1, 0.15) is 10.1 Å². The number of thiocarbonyl (C=S) groups is 1. The van der Waals surface area contributed by atoms with Crippen molar-refractivity contribution in [3.8, 4) is 0 Å². The summed E-state index contributed by atoms with van der Waals surface area (Å²) in [7, 11) is 0. The molecule has 1 saturated heterocycles. The molecule has 2 aromatic heterocycles. The fraction of sp³-hybridized carbons (Fsp3) is 0.154. The van der Waals surface area contributed by atoms with Crippen LogP contribution in [0.15, 0.2) is 70.3 Å². The van der Waals surface area contributed by atoms with Gasteiger partial charge in [0.05, 0.1) is 33.3 Å². The van der Waals surface area contributed by atoms with Gasteiger partial charge in [-0.2, -0.15) is 0 Å². The molecule has 5 rings (SSSR count). The Hall–Kier alpha value is -2.51. The van der Waals surface area contributed by atoms with Gasteiger partial charge in [-0.25, -0.2) is 0 Å². The third-order valence-electron chi connectivity index (χ3n) is 5.78. The van der Waals surface area contributed by atoms with Crippen LogP contribution in [-0.4, -0.2) is 19.7 Å². The third kappa shape index (κ3) is 4.43. The molecule has 0 bridgehead atoms. The van der Waals surface area contributed by atoms with Crippen molar-refractivity contribution in [3.05, 3.63) is 98.4 Å². The van der Waals surface area contributed by atoms with Crippen LogP contribution in [0.5, 0.6) is 0 Å². The van der Waals surface area contributed by atoms with Crippen LogP contribution in [0.4, 0.5) is 0 Å². The molecule has 4 aromatic rings. The van der Waals surface area contributed by atoms with Crippen LogP contribution >= 0.6 is 47.2 Å². The molecule has 1 aliphatic rings. The van der Waals surface area contributed by atoms with Gasteiger partial charge >= 0.3 is 0 Å². The molecule has 2 aromatic carbocycles. The highest BCUT2D eigenvalue weighted by Crippen LogP contribution is 2.36. The topological polar surface area (TPSA) is 38.4 Å². The van der Waals surface area contributed by atoms with Crippen LogP contribution in [0, 0.1) is 0 Å². The zero-order chi connectivity index (χ0) is 23.8. The Labute approximate surface area is 217 Å². The maximum Gasteiger partial charge on any atom is 0.266 e. The normalized spacial score (nSPS) is 15.3. The highest BCUT2D eigenvalue weighted by molar-refractivity contribution is 8.26. The van der Waals surface area contributed by atoms with Crippen molar-refractivity contribution in [1.29, 1.82) is 0 Å². The monoisotopic (exact) mass is 526 g/mol. The summed E-state index contributed by atoms with van der Waals surface area (Å²) in [6.07, 6.45) is 6.52. The lowest BCUT2D eigenvalue weighted by Crippen LogP contribution is -2.27. The summed E-state index contributed by atoms with van der Waals surface area (Å²) in [6.45, 7) is 3.11. The molecule has 0 unspecified atom stereocenters. The van der Waals surface area contributed by atoms with Gasteiger partial charge in [-0.05, 0) is 47.9 Å². The molecule has 3 heterocycles. The number of nitrogens with zero attached hydrogens (tertiary/aromatic N) is 2. The van der Waals surface area contributed by atoms with Gasteiger partial charge in [-0.3, -0.25) is 9.69 Å². The zero-order valence-corrected chi connectivity index (χ0v) is 21.4. The van der Waals surface area contributed by atoms with Crippen LogP contribution in [0.3, 0.4) is 0 Å². The lowest BCUT2D eigenvalue weighted by Gasteiger charge is -2.11. The van der Waals surface area contributed by atoms with E-state index in [1.807, 2.05) is 30.3 Å². The molecule has 1 fully saturated rings. The maximum atomic E-state index is 13.1. The Balaban J connectivity index is 1.53. The number of aryl methyl sites for hydroxylation is 1. The minimum atomic E-state index is -0.108. The van der Waals surface area contributed by atoms with Crippen LogP contribution in [-0.2, 0) is 24.3 Å². The average molecular weight is 527 g/mol. The number of furan rings is 1. The van der Waals surface area contributed by atoms with Gasteiger partial charge in [0.25, 0.3) is 5.91 Å². The summed E-state index contributed by atoms with van der Waals surface area (Å²) < 4.78 is 8.14. The van der Waals surface area contributed by atoms with E-state index >= 15 is 0 Å². The number of thioether (sulfide) groups is 1. The van der Waals surface area contributed by atoms with E-state index in [0.29, 0.717) is 38.1 Å². The Bertz CT molecular complexity index is 1440. The largest absolute Gasteiger partial charge is 0.467 e. The van der Waals surface area contributed by atoms with Gasteiger partial charge in [-0.15, -0.1) is 0 Å². The smallest absolute Gasteiger partial charge is 0.266 e. The summed E-state index contributed by atoms with van der Waals surface area (Å²) in [5.74, 6) is 0.590. The van der Waals surface area contributed by atoms with Crippen molar-refractivity contribution < 1.29 is 9.21 Å². The lowest BCUT2D eigenvalue weighted by atomic mass is 10.1. The van der Waals surface area contributed by atoms with Gasteiger partial charge in [0, 0.05) is 23.7 Å². The van der Waals surface area contributed by atoms with E-state index < -0.39 is 0 Å². The van der Waals surface area contributed by atoms with E-state index in [4.69, 9.17) is 39.8 Å². The Morgan fingerprint density at radius 1 is 1.09 bits per heavy atom. The van der Waals surface area contributed by atoms with E-state index in [-0.39, 0.29) is 5.91 Å². The van der Waals surface area contributed by atoms with E-state index in [1.54, 1.807) is 17.2 Å². The standard InChI is InChI=1S/C26H20Cl2N2O2S2/c1-2-17-5-3-7-20-18(14-29(24(17)20)13-16-8-9-21(27)22(28)11-16)12-23-25(31)30(26(33)34-23)15-19-6-4-10-32-19/h3-12,14H,2,13,15H2,1H3/b23-12-. The first-order valence-corrected chi connectivity index (χ1v) is 12.7. The molecule has 172 valence electrons. The van der Waals surface area contributed by atoms with Crippen molar-refractivity contribution in [2.75, 3.05) is 0 Å². The Morgan fingerprint density at radius 2 is 1.94 bits per heavy atom. The summed E-state index contributed by atoms with van der Waals surface area (Å²) in [5, 5.41) is 2.16. The predicted octanol–water partition coefficient (Wildman–Crippen LogP) is 7.55. The number of fused-ring (bicyclic) bond motifs is 1. The van der Waals surface area contributed by atoms with Crippen molar-refractivity contribution in [1.82, 2.24) is 9.47 Å². The molecule has 4 nitrogen and oxygen atoms in total. The molecule has 1 amide bonds. The number of hydrogen-bond acceptors (Lipinski definition) is 4. The third-order valence-corrected chi connectivity index (χ3v) is 7.90. The second-order valence-electron chi connectivity index (χ2n) is 7.97. The number of para-hydroxylation sites is 1. The van der Waals surface area contributed by atoms with Crippen molar-refractivity contribution in [2.45, 2.75) is 26.4 Å². The predicted molar refractivity (Wildman–Crippen MR) is 144 cm³/mol. The molecule has 0 atom stereocenters. The van der Waals surface area contributed by atoms with Crippen molar-refractivity contribution in [3.63, 3.8) is 0 Å². The summed E-state index contributed by atoms with van der Waals surface area (Å²) in [4.78, 5) is 15.3. The number of rotatable bonds is 6. The number of hydrogen-bond donors (Lipinski definition) is 0. The Morgan fingerprint density at radius 3 is 2.68 bits per heavy atom. The number of aromatic nitrogens is 1. The first kappa shape index (κ1) is 23.2. The van der Waals surface area contributed by atoms with E-state index in [0.717, 1.165) is 28.5 Å². The van der Waals surface area contributed by atoms with E-state index in [2.05, 4.69) is 35.9 Å². The number of carbonyl (C=O) groups is 1. The zero-order valence-electron chi connectivity index (χ0n) is 18.3. The molecule has 34 heavy (non-hydrogen) atoms. The van der Waals surface area contributed by atoms with Gasteiger partial charge in [-0.1, -0.05) is 78.4 Å². The van der Waals surface area contributed by atoms with Gasteiger partial charge < -0.3 is 8.98 Å². The summed E-state index contributed by atoms with van der Waals surface area (Å²) >= 11 is 19.2. The summed E-state index contributed by atoms with van der Waals surface area (Å²) in [5.41, 5.74) is 4.41. The second kappa shape index (κ2) is 9.62. The maximum absolute atomic E-state index is 13.1. The first-order valence-electron chi connectivity index (χ1n) is 10.8. The molecular formula is C26H20Cl2N2O2S2. The fourth-order valence-electron chi connectivity index (χ4n) is 4.16. The summed E-state index contributed by atoms with van der Waals surface area (Å²) in [6, 6.07) is 15.6. The number of amides is 1. The highest BCUT2D eigenvalue weighted by atomic mass is 35.5. The van der Waals surface area contributed by atoms with Crippen molar-refractivity contribution in [2.24, 2.45) is 0 Å². The van der Waals surface area contributed by atoms with E-state index in [1.165, 1.54) is 17.3 Å². The molecule has 0 radical (unpaired) electrons. The quantitative estimate of drug-likeness (QED) is 0.192. The average Bonchev–Trinajstić information content (AvgIpc) is 3.53. The fourth-order valence-corrected chi connectivity index (χ4v) is 5.73. The van der Waals surface area contributed by atoms with Crippen LogP contribution < -0.4 is 0 Å². The molecule has 0 N–H and O–H groups in total. The van der Waals surface area contributed by atoms with Crippen LogP contribution in [0.25, 0.3) is 17.0 Å². The molecular weight excluding hydrogens is 507 g/mol. The number of benzene rings is 2.